The first-order chi connectivity index (χ1) is 14.4. The van der Waals surface area contributed by atoms with Gasteiger partial charge in [-0.1, -0.05) is 84.5 Å². The Balaban J connectivity index is 1.45. The number of cyclic esters (lactones) is 1. The number of phosphoric acid groups is 1. The number of allylic oxidation sites excluding steroid dienone is 1. The first-order valence-electron chi connectivity index (χ1n) is 11.9. The Labute approximate surface area is 182 Å². The van der Waals surface area contributed by atoms with Gasteiger partial charge in [-0.3, -0.25) is 9.05 Å². The first-order valence-corrected chi connectivity index (χ1v) is 13.3. The van der Waals surface area contributed by atoms with Gasteiger partial charge in [-0.2, -0.15) is 0 Å². The summed E-state index contributed by atoms with van der Waals surface area (Å²) in [5.41, 5.74) is 0.423. The third-order valence-electron chi connectivity index (χ3n) is 5.78. The summed E-state index contributed by atoms with van der Waals surface area (Å²) in [6.07, 6.45) is 15.1. The van der Waals surface area contributed by atoms with E-state index < -0.39 is 13.8 Å². The molecule has 0 amide bonds. The van der Waals surface area contributed by atoms with Crippen LogP contribution in [0.5, 0.6) is 0 Å². The van der Waals surface area contributed by atoms with Crippen LogP contribution in [0.25, 0.3) is 0 Å². The average Bonchev–Trinajstić information content (AvgIpc) is 3.01. The van der Waals surface area contributed by atoms with E-state index in [0.717, 1.165) is 18.8 Å². The summed E-state index contributed by atoms with van der Waals surface area (Å²) >= 11 is 0. The highest BCUT2D eigenvalue weighted by atomic mass is 31.2. The number of rotatable bonds is 15. The SMILES string of the molecule is CC1=C2C(=O)OC[C@@H]2COP(=O)(OCCCCCCCCCCCCCC(C)C)O1. The Morgan fingerprint density at radius 3 is 2.10 bits per heavy atom. The van der Waals surface area contributed by atoms with Gasteiger partial charge in [0.2, 0.25) is 0 Å². The molecule has 174 valence electrons. The van der Waals surface area contributed by atoms with E-state index in [1.54, 1.807) is 6.92 Å². The lowest BCUT2D eigenvalue weighted by molar-refractivity contribution is -0.135. The lowest BCUT2D eigenvalue weighted by Gasteiger charge is -2.17. The average molecular weight is 445 g/mol. The van der Waals surface area contributed by atoms with Gasteiger partial charge in [0.15, 0.2) is 0 Å². The standard InChI is InChI=1S/C23H41O6P/c1-19(2)15-13-11-9-7-5-4-6-8-10-12-14-16-27-30(25)28-18-21-17-26-23(24)22(21)20(3)29-30/h19,21H,4-18H2,1-3H3/t21-,30?/m1/s1. The van der Waals surface area contributed by atoms with Gasteiger partial charge < -0.3 is 9.26 Å². The molecule has 2 rings (SSSR count). The van der Waals surface area contributed by atoms with Crippen molar-refractivity contribution in [3.05, 3.63) is 11.3 Å². The predicted octanol–water partition coefficient (Wildman–Crippen LogP) is 6.94. The molecule has 0 aromatic heterocycles. The second-order valence-corrected chi connectivity index (χ2v) is 10.6. The summed E-state index contributed by atoms with van der Waals surface area (Å²) in [4.78, 5) is 11.7. The van der Waals surface area contributed by atoms with Crippen molar-refractivity contribution >= 4 is 13.8 Å². The number of ether oxygens (including phenoxy) is 1. The third kappa shape index (κ3) is 9.11. The third-order valence-corrected chi connectivity index (χ3v) is 7.24. The molecular weight excluding hydrogens is 403 g/mol. The normalized spacial score (nSPS) is 24.0. The van der Waals surface area contributed by atoms with Gasteiger partial charge in [-0.15, -0.1) is 0 Å². The molecule has 0 aromatic carbocycles. The molecule has 0 bridgehead atoms. The molecule has 1 unspecified atom stereocenters. The van der Waals surface area contributed by atoms with Crippen LogP contribution in [0.1, 0.15) is 97.8 Å². The smallest absolute Gasteiger partial charge is 0.461 e. The molecule has 7 heteroatoms. The molecule has 0 saturated carbocycles. The van der Waals surface area contributed by atoms with Gasteiger partial charge in [0.25, 0.3) is 0 Å². The maximum absolute atomic E-state index is 12.7. The lowest BCUT2D eigenvalue weighted by atomic mass is 10.0. The molecule has 1 fully saturated rings. The summed E-state index contributed by atoms with van der Waals surface area (Å²) in [5, 5.41) is 0. The van der Waals surface area contributed by atoms with Crippen molar-refractivity contribution in [2.45, 2.75) is 97.8 Å². The zero-order valence-corrected chi connectivity index (χ0v) is 20.1. The van der Waals surface area contributed by atoms with E-state index in [4.69, 9.17) is 18.3 Å². The number of hydrogen-bond acceptors (Lipinski definition) is 6. The van der Waals surface area contributed by atoms with E-state index in [1.165, 1.54) is 64.2 Å². The number of fused-ring (bicyclic) bond motifs is 1. The highest BCUT2D eigenvalue weighted by Gasteiger charge is 2.42. The summed E-state index contributed by atoms with van der Waals surface area (Å²) in [5.74, 6) is 0.492. The van der Waals surface area contributed by atoms with Gasteiger partial charge in [0.05, 0.1) is 24.7 Å². The van der Waals surface area contributed by atoms with Crippen LogP contribution in [0.3, 0.4) is 0 Å². The van der Waals surface area contributed by atoms with E-state index in [2.05, 4.69) is 13.8 Å². The van der Waals surface area contributed by atoms with Crippen LogP contribution in [-0.2, 0) is 27.7 Å². The van der Waals surface area contributed by atoms with E-state index in [-0.39, 0.29) is 19.1 Å². The Bertz CT molecular complexity index is 601. The van der Waals surface area contributed by atoms with Crippen LogP contribution in [-0.4, -0.2) is 25.8 Å². The fourth-order valence-electron chi connectivity index (χ4n) is 3.98. The molecule has 30 heavy (non-hydrogen) atoms. The van der Waals surface area contributed by atoms with Gasteiger partial charge in [-0.25, -0.2) is 9.36 Å². The van der Waals surface area contributed by atoms with Crippen molar-refractivity contribution in [1.82, 2.24) is 0 Å². The minimum Gasteiger partial charge on any atom is -0.461 e. The molecular formula is C23H41O6P. The van der Waals surface area contributed by atoms with Crippen LogP contribution in [0.4, 0.5) is 0 Å². The Morgan fingerprint density at radius 2 is 1.50 bits per heavy atom. The number of esters is 1. The zero-order valence-electron chi connectivity index (χ0n) is 19.2. The molecule has 2 aliphatic rings. The summed E-state index contributed by atoms with van der Waals surface area (Å²) < 4.78 is 33.9. The second kappa shape index (κ2) is 13.5. The summed E-state index contributed by atoms with van der Waals surface area (Å²) in [6, 6.07) is 0. The number of carbonyl (C=O) groups is 1. The zero-order chi connectivity index (χ0) is 21.8. The van der Waals surface area contributed by atoms with E-state index in [0.29, 0.717) is 17.9 Å². The Hall–Kier alpha value is -0.840. The molecule has 2 atom stereocenters. The van der Waals surface area contributed by atoms with Crippen molar-refractivity contribution in [1.29, 1.82) is 0 Å². The highest BCUT2D eigenvalue weighted by molar-refractivity contribution is 7.48. The number of carbonyl (C=O) groups excluding carboxylic acids is 1. The lowest BCUT2D eigenvalue weighted by Crippen LogP contribution is -2.10. The molecule has 2 heterocycles. The van der Waals surface area contributed by atoms with Crippen molar-refractivity contribution in [3.8, 4) is 0 Å². The summed E-state index contributed by atoms with van der Waals surface area (Å²) in [6.45, 7) is 6.91. The van der Waals surface area contributed by atoms with Crippen molar-refractivity contribution < 1.29 is 27.7 Å². The van der Waals surface area contributed by atoms with Gasteiger partial charge in [0, 0.05) is 0 Å². The van der Waals surface area contributed by atoms with Crippen LogP contribution in [0, 0.1) is 11.8 Å². The molecule has 6 nitrogen and oxygen atoms in total. The molecule has 2 aliphatic heterocycles. The quantitative estimate of drug-likeness (QED) is 0.155. The molecule has 0 aromatic rings. The fraction of sp³-hybridized carbons (Fsp3) is 0.870. The monoisotopic (exact) mass is 444 g/mol. The topological polar surface area (TPSA) is 71.1 Å². The van der Waals surface area contributed by atoms with E-state index in [9.17, 15) is 9.36 Å². The van der Waals surface area contributed by atoms with Crippen molar-refractivity contribution in [3.63, 3.8) is 0 Å². The molecule has 0 N–H and O–H groups in total. The molecule has 0 radical (unpaired) electrons. The highest BCUT2D eigenvalue weighted by Crippen LogP contribution is 2.54. The largest absolute Gasteiger partial charge is 0.529 e. The Kier molecular flexibility index (Phi) is 11.5. The van der Waals surface area contributed by atoms with Crippen LogP contribution < -0.4 is 0 Å². The Morgan fingerprint density at radius 1 is 0.933 bits per heavy atom. The van der Waals surface area contributed by atoms with Crippen molar-refractivity contribution in [2.24, 2.45) is 11.8 Å². The second-order valence-electron chi connectivity index (χ2n) is 9.00. The molecule has 0 aliphatic carbocycles. The minimum atomic E-state index is -3.65. The maximum Gasteiger partial charge on any atom is 0.529 e. The predicted molar refractivity (Wildman–Crippen MR) is 118 cm³/mol. The number of hydrogen-bond donors (Lipinski definition) is 0. The minimum absolute atomic E-state index is 0.118. The van der Waals surface area contributed by atoms with Crippen LogP contribution >= 0.6 is 7.82 Å². The van der Waals surface area contributed by atoms with Gasteiger partial charge in [-0.05, 0) is 19.3 Å². The molecule has 1 saturated heterocycles. The fourth-order valence-corrected chi connectivity index (χ4v) is 5.31. The van der Waals surface area contributed by atoms with Gasteiger partial charge in [0.1, 0.15) is 12.4 Å². The van der Waals surface area contributed by atoms with Crippen LogP contribution in [0.2, 0.25) is 0 Å². The first kappa shape index (κ1) is 25.4. The number of phosphoric ester groups is 1. The number of unbranched alkanes of at least 4 members (excludes halogenated alkanes) is 10. The van der Waals surface area contributed by atoms with Gasteiger partial charge >= 0.3 is 13.8 Å². The molecule has 0 spiro atoms. The van der Waals surface area contributed by atoms with Crippen molar-refractivity contribution in [2.75, 3.05) is 19.8 Å². The van der Waals surface area contributed by atoms with E-state index in [1.807, 2.05) is 0 Å². The van der Waals surface area contributed by atoms with Crippen LogP contribution in [0.15, 0.2) is 11.3 Å². The van der Waals surface area contributed by atoms with E-state index >= 15 is 0 Å². The summed E-state index contributed by atoms with van der Waals surface area (Å²) in [7, 11) is -3.65. The maximum atomic E-state index is 12.7.